The number of hydrogen-bond acceptors (Lipinski definition) is 11. The van der Waals surface area contributed by atoms with Gasteiger partial charge in [0, 0.05) is 50.4 Å². The van der Waals surface area contributed by atoms with E-state index in [1.165, 1.54) is 23.1 Å². The summed E-state index contributed by atoms with van der Waals surface area (Å²) in [6.45, 7) is 13.9. The van der Waals surface area contributed by atoms with Gasteiger partial charge in [0.25, 0.3) is 11.8 Å². The number of aldehydes is 1. The van der Waals surface area contributed by atoms with Crippen LogP contribution in [-0.4, -0.2) is 125 Å². The predicted octanol–water partition coefficient (Wildman–Crippen LogP) is 0.888. The van der Waals surface area contributed by atoms with Crippen LogP contribution in [0.2, 0.25) is 0 Å². The van der Waals surface area contributed by atoms with Gasteiger partial charge in [0.05, 0.1) is 22.9 Å². The minimum absolute atomic E-state index is 0.00582. The van der Waals surface area contributed by atoms with Crippen LogP contribution in [-0.2, 0) is 38.4 Å². The van der Waals surface area contributed by atoms with Crippen molar-refractivity contribution in [1.82, 2.24) is 41.7 Å². The molecule has 65 heavy (non-hydrogen) atoms. The first-order chi connectivity index (χ1) is 30.4. The van der Waals surface area contributed by atoms with Crippen molar-refractivity contribution in [3.05, 3.63) is 29.3 Å². The first-order valence-corrected chi connectivity index (χ1v) is 22.3. The Morgan fingerprint density at radius 2 is 1.65 bits per heavy atom. The van der Waals surface area contributed by atoms with Crippen molar-refractivity contribution >= 4 is 71.2 Å². The number of nitrogens with one attached hydrogen (secondary N) is 7. The van der Waals surface area contributed by atoms with E-state index in [2.05, 4.69) is 37.2 Å². The normalized spacial score (nSPS) is 24.2. The molecule has 4 fully saturated rings. The maximum absolute atomic E-state index is 14.3. The average Bonchev–Trinajstić information content (AvgIpc) is 3.63. The highest BCUT2D eigenvalue weighted by molar-refractivity contribution is 6.26. The summed E-state index contributed by atoms with van der Waals surface area (Å²) >= 11 is 0. The zero-order chi connectivity index (χ0) is 47.8. The van der Waals surface area contributed by atoms with Gasteiger partial charge in [-0.3, -0.25) is 53.4 Å². The second-order valence-corrected chi connectivity index (χ2v) is 20.1. The highest BCUT2D eigenvalue weighted by Crippen LogP contribution is 2.65. The molecule has 20 nitrogen and oxygen atoms in total. The number of benzene rings is 1. The van der Waals surface area contributed by atoms with Gasteiger partial charge in [-0.2, -0.15) is 0 Å². The number of fused-ring (bicyclic) bond motifs is 2. The molecule has 5 aliphatic rings. The Labute approximate surface area is 377 Å². The van der Waals surface area contributed by atoms with E-state index in [-0.39, 0.29) is 97.4 Å². The Morgan fingerprint density at radius 3 is 2.29 bits per heavy atom. The summed E-state index contributed by atoms with van der Waals surface area (Å²) in [7, 11) is 0. The lowest BCUT2D eigenvalue weighted by Crippen LogP contribution is -2.62. The van der Waals surface area contributed by atoms with Gasteiger partial charge in [0.15, 0.2) is 0 Å². The molecule has 4 aliphatic heterocycles. The van der Waals surface area contributed by atoms with Crippen LogP contribution in [0.15, 0.2) is 18.2 Å². The molecule has 0 aromatic heterocycles. The number of imide groups is 2. The Kier molecular flexibility index (Phi) is 13.9. The molecule has 1 saturated carbocycles. The maximum Gasteiger partial charge on any atom is 0.315 e. The van der Waals surface area contributed by atoms with Crippen LogP contribution in [0.3, 0.4) is 0 Å². The van der Waals surface area contributed by atoms with Gasteiger partial charge in [-0.1, -0.05) is 40.7 Å². The van der Waals surface area contributed by atoms with E-state index in [9.17, 15) is 52.7 Å². The topological polar surface area (TPSA) is 278 Å². The van der Waals surface area contributed by atoms with Crippen LogP contribution in [0.1, 0.15) is 121 Å². The number of carbonyl (C=O) groups excluding carboxylic acids is 11. The van der Waals surface area contributed by atoms with Gasteiger partial charge in [-0.25, -0.2) is 4.79 Å². The van der Waals surface area contributed by atoms with Gasteiger partial charge in [0.2, 0.25) is 41.4 Å². The molecule has 20 heteroatoms. The zero-order valence-electron chi connectivity index (χ0n) is 38.0. The molecule has 7 atom stereocenters. The van der Waals surface area contributed by atoms with Crippen LogP contribution < -0.4 is 37.2 Å². The summed E-state index contributed by atoms with van der Waals surface area (Å²) < 4.78 is 0. The number of piperidine rings is 2. The van der Waals surface area contributed by atoms with Crippen LogP contribution >= 0.6 is 0 Å². The van der Waals surface area contributed by atoms with E-state index < -0.39 is 88.4 Å². The summed E-state index contributed by atoms with van der Waals surface area (Å²) in [5.41, 5.74) is -1.82. The summed E-state index contributed by atoms with van der Waals surface area (Å²) in [4.78, 5) is 144. The summed E-state index contributed by atoms with van der Waals surface area (Å²) in [6, 6.07) is -0.219. The standard InChI is InChI=1S/C45H61N9O11/c1-43(2,3)35(41(64)53-21-26-33(45(26,6)7)34(53)38(61)48-24(22-55)20-23-16-19-47-36(23)59)51-42(65)52-44(4,5)17-15-29(56)46-18-9-12-30(57)49-27-11-8-10-25-32(27)40(63)54(39(25)62)28-13-14-31(58)50-37(28)60/h8,10-11,22-24,26,28,33-35H,9,12-21H2,1-7H3,(H,46,56)(H,47,59)(H,48,61)(H,49,57)(H,50,58,60)(H2,51,52,65). The second-order valence-electron chi connectivity index (χ2n) is 20.1. The molecule has 0 spiro atoms. The largest absolute Gasteiger partial charge is 0.356 e. The third-order valence-electron chi connectivity index (χ3n) is 13.4. The lowest BCUT2D eigenvalue weighted by Gasteiger charge is -2.38. The molecule has 1 aliphatic carbocycles. The summed E-state index contributed by atoms with van der Waals surface area (Å²) in [5.74, 6) is -5.06. The molecular formula is C45H61N9O11. The first-order valence-electron chi connectivity index (χ1n) is 22.3. The van der Waals surface area contributed by atoms with Crippen molar-refractivity contribution in [1.29, 1.82) is 0 Å². The fourth-order valence-corrected chi connectivity index (χ4v) is 9.58. The van der Waals surface area contributed by atoms with Gasteiger partial charge in [0.1, 0.15) is 24.4 Å². The van der Waals surface area contributed by atoms with Crippen molar-refractivity contribution < 1.29 is 52.7 Å². The van der Waals surface area contributed by atoms with Crippen LogP contribution in [0.25, 0.3) is 0 Å². The molecule has 6 rings (SSSR count). The molecule has 0 bridgehead atoms. The molecular weight excluding hydrogens is 843 g/mol. The number of rotatable bonds is 17. The Hall–Kier alpha value is -6.21. The number of hydrogen-bond donors (Lipinski definition) is 7. The number of nitrogens with zero attached hydrogens (tertiary/aromatic N) is 2. The van der Waals surface area contributed by atoms with Gasteiger partial charge in [-0.15, -0.1) is 0 Å². The molecule has 7 N–H and O–H groups in total. The van der Waals surface area contributed by atoms with E-state index in [0.29, 0.717) is 25.8 Å². The molecule has 7 unspecified atom stereocenters. The number of likely N-dealkylation sites (tertiary alicyclic amines) is 1. The molecule has 352 valence electrons. The Morgan fingerprint density at radius 1 is 0.923 bits per heavy atom. The van der Waals surface area contributed by atoms with Crippen LogP contribution in [0.4, 0.5) is 10.5 Å². The van der Waals surface area contributed by atoms with E-state index >= 15 is 0 Å². The third kappa shape index (κ3) is 10.5. The zero-order valence-corrected chi connectivity index (χ0v) is 38.0. The van der Waals surface area contributed by atoms with Crippen LogP contribution in [0, 0.1) is 28.6 Å². The van der Waals surface area contributed by atoms with Gasteiger partial charge >= 0.3 is 6.03 Å². The maximum atomic E-state index is 14.3. The monoisotopic (exact) mass is 903 g/mol. The molecule has 0 radical (unpaired) electrons. The van der Waals surface area contributed by atoms with E-state index in [1.54, 1.807) is 34.6 Å². The fourth-order valence-electron chi connectivity index (χ4n) is 9.58. The van der Waals surface area contributed by atoms with Crippen molar-refractivity contribution in [3.8, 4) is 0 Å². The molecule has 4 heterocycles. The van der Waals surface area contributed by atoms with Crippen molar-refractivity contribution in [2.45, 2.75) is 130 Å². The molecule has 1 aromatic carbocycles. The summed E-state index contributed by atoms with van der Waals surface area (Å²) in [6.07, 6.45) is 1.75. The summed E-state index contributed by atoms with van der Waals surface area (Å²) in [5, 5.41) is 18.8. The molecule has 3 saturated heterocycles. The van der Waals surface area contributed by atoms with Gasteiger partial charge < -0.3 is 41.6 Å². The highest BCUT2D eigenvalue weighted by Gasteiger charge is 2.70. The number of urea groups is 1. The molecule has 11 amide bonds. The van der Waals surface area contributed by atoms with E-state index in [1.807, 2.05) is 13.8 Å². The average molecular weight is 904 g/mol. The van der Waals surface area contributed by atoms with Gasteiger partial charge in [-0.05, 0) is 80.8 Å². The molecule has 1 aromatic rings. The fraction of sp³-hybridized carbons (Fsp3) is 0.622. The minimum Gasteiger partial charge on any atom is -0.356 e. The lowest BCUT2D eigenvalue weighted by molar-refractivity contribution is -0.144. The quantitative estimate of drug-likeness (QED) is 0.0655. The van der Waals surface area contributed by atoms with Crippen molar-refractivity contribution in [3.63, 3.8) is 0 Å². The predicted molar refractivity (Wildman–Crippen MR) is 232 cm³/mol. The minimum atomic E-state index is -1.15. The number of amides is 11. The van der Waals surface area contributed by atoms with Crippen molar-refractivity contribution in [2.75, 3.05) is 25.0 Å². The second kappa shape index (κ2) is 18.7. The van der Waals surface area contributed by atoms with Crippen molar-refractivity contribution in [2.24, 2.45) is 28.6 Å². The number of carbonyl (C=O) groups is 11. The van der Waals surface area contributed by atoms with E-state index in [0.717, 1.165) is 4.90 Å². The Bertz CT molecular complexity index is 2180. The highest BCUT2D eigenvalue weighted by atomic mass is 16.2. The van der Waals surface area contributed by atoms with Crippen LogP contribution in [0.5, 0.6) is 0 Å². The smallest absolute Gasteiger partial charge is 0.315 e. The van der Waals surface area contributed by atoms with E-state index in [4.69, 9.17) is 0 Å². The third-order valence-corrected chi connectivity index (χ3v) is 13.4. The number of anilines is 1. The first kappa shape index (κ1) is 48.3. The Balaban J connectivity index is 0.957. The lowest BCUT2D eigenvalue weighted by atomic mass is 9.85. The SMILES string of the molecule is CC(C)(CCC(=O)NCCCC(=O)Nc1cccc2c1C(=O)N(C1CCC(=O)NC1=O)C2=O)NC(=O)NC(C(=O)N1CC2C(C1C(=O)NC(C=O)CC1CCNC1=O)C2(C)C)C(C)(C)C.